The highest BCUT2D eigenvalue weighted by Gasteiger charge is 2.30. The third-order valence-corrected chi connectivity index (χ3v) is 6.79. The molecule has 22 heavy (non-hydrogen) atoms. The van der Waals surface area contributed by atoms with Gasteiger partial charge in [-0.1, -0.05) is 12.1 Å². The van der Waals surface area contributed by atoms with Crippen LogP contribution in [-0.2, 0) is 22.7 Å². The summed E-state index contributed by atoms with van der Waals surface area (Å²) in [5, 5.41) is 0. The molecule has 0 aliphatic carbocycles. The summed E-state index contributed by atoms with van der Waals surface area (Å²) in [4.78, 5) is 0. The minimum atomic E-state index is -4.40. The van der Waals surface area contributed by atoms with Crippen molar-refractivity contribution in [3.63, 3.8) is 0 Å². The Morgan fingerprint density at radius 2 is 1.73 bits per heavy atom. The van der Waals surface area contributed by atoms with Gasteiger partial charge in [0.05, 0.1) is 9.35 Å². The maximum absolute atomic E-state index is 12.5. The van der Waals surface area contributed by atoms with Gasteiger partial charge in [-0.25, -0.2) is 8.42 Å². The van der Waals surface area contributed by atoms with Crippen LogP contribution in [0.25, 0.3) is 0 Å². The third kappa shape index (κ3) is 3.89. The van der Waals surface area contributed by atoms with Crippen molar-refractivity contribution < 1.29 is 21.6 Å². The fourth-order valence-corrected chi connectivity index (χ4v) is 5.11. The maximum atomic E-state index is 12.5. The van der Waals surface area contributed by atoms with Gasteiger partial charge in [-0.15, -0.1) is 11.3 Å². The van der Waals surface area contributed by atoms with Crippen molar-refractivity contribution in [1.29, 1.82) is 0 Å². The monoisotopic (exact) mass is 413 g/mol. The molecular weight excluding hydrogens is 403 g/mol. The van der Waals surface area contributed by atoms with Crippen LogP contribution in [0.4, 0.5) is 13.2 Å². The first-order valence-corrected chi connectivity index (χ1v) is 9.03. The highest BCUT2D eigenvalue weighted by atomic mass is 79.9. The fraction of sp³-hybridized carbons (Fsp3) is 0.231. The van der Waals surface area contributed by atoms with Crippen LogP contribution in [0.2, 0.25) is 0 Å². The van der Waals surface area contributed by atoms with E-state index < -0.39 is 21.8 Å². The molecule has 0 bridgehead atoms. The average molecular weight is 414 g/mol. The normalized spacial score (nSPS) is 12.8. The molecule has 1 aromatic heterocycles. The second-order valence-corrected chi connectivity index (χ2v) is 9.25. The van der Waals surface area contributed by atoms with Crippen molar-refractivity contribution in [3.05, 3.63) is 51.3 Å². The Labute approximate surface area is 138 Å². The molecule has 0 unspecified atom stereocenters. The van der Waals surface area contributed by atoms with E-state index >= 15 is 0 Å². The van der Waals surface area contributed by atoms with Crippen LogP contribution in [-0.4, -0.2) is 19.8 Å². The van der Waals surface area contributed by atoms with E-state index in [-0.39, 0.29) is 10.8 Å². The van der Waals surface area contributed by atoms with Crippen molar-refractivity contribution >= 4 is 37.3 Å². The summed E-state index contributed by atoms with van der Waals surface area (Å²) in [7, 11) is -2.27. The van der Waals surface area contributed by atoms with Gasteiger partial charge in [-0.3, -0.25) is 0 Å². The summed E-state index contributed by atoms with van der Waals surface area (Å²) >= 11 is 4.27. The van der Waals surface area contributed by atoms with Crippen LogP contribution >= 0.6 is 27.3 Å². The summed E-state index contributed by atoms with van der Waals surface area (Å²) in [6, 6.07) is 7.55. The largest absolute Gasteiger partial charge is 0.416 e. The lowest BCUT2D eigenvalue weighted by molar-refractivity contribution is -0.137. The van der Waals surface area contributed by atoms with Gasteiger partial charge in [0.25, 0.3) is 10.0 Å². The molecule has 0 saturated carbocycles. The SMILES string of the molecule is CN(Cc1ccc(C(F)(F)F)cc1)S(=O)(=O)c1ccc(Br)s1. The van der Waals surface area contributed by atoms with Gasteiger partial charge < -0.3 is 0 Å². The van der Waals surface area contributed by atoms with Gasteiger partial charge >= 0.3 is 6.18 Å². The van der Waals surface area contributed by atoms with Gasteiger partial charge in [0.15, 0.2) is 0 Å². The molecule has 1 aromatic carbocycles. The van der Waals surface area contributed by atoms with Crippen LogP contribution in [0.5, 0.6) is 0 Å². The molecule has 0 atom stereocenters. The molecule has 3 nitrogen and oxygen atoms in total. The lowest BCUT2D eigenvalue weighted by Crippen LogP contribution is -2.25. The zero-order valence-electron chi connectivity index (χ0n) is 11.3. The van der Waals surface area contributed by atoms with Crippen molar-refractivity contribution in [2.75, 3.05) is 7.05 Å². The Morgan fingerprint density at radius 3 is 2.18 bits per heavy atom. The van der Waals surface area contributed by atoms with E-state index in [1.54, 1.807) is 6.07 Å². The van der Waals surface area contributed by atoms with Crippen LogP contribution in [0, 0.1) is 0 Å². The third-order valence-electron chi connectivity index (χ3n) is 2.90. The molecule has 1 heterocycles. The fourth-order valence-electron chi connectivity index (χ4n) is 1.73. The van der Waals surface area contributed by atoms with Gasteiger partial charge in [0.1, 0.15) is 4.21 Å². The lowest BCUT2D eigenvalue weighted by Gasteiger charge is -2.16. The summed E-state index contributed by atoms with van der Waals surface area (Å²) in [5.74, 6) is 0. The first kappa shape index (κ1) is 17.5. The van der Waals surface area contributed by atoms with E-state index in [0.29, 0.717) is 9.35 Å². The van der Waals surface area contributed by atoms with Crippen molar-refractivity contribution in [2.45, 2.75) is 16.9 Å². The van der Waals surface area contributed by atoms with Crippen LogP contribution in [0.1, 0.15) is 11.1 Å². The summed E-state index contributed by atoms with van der Waals surface area (Å²) in [6.07, 6.45) is -4.40. The summed E-state index contributed by atoms with van der Waals surface area (Å²) < 4.78 is 64.0. The number of sulfonamides is 1. The number of rotatable bonds is 4. The topological polar surface area (TPSA) is 37.4 Å². The van der Waals surface area contributed by atoms with Gasteiger partial charge in [0, 0.05) is 13.6 Å². The smallest absolute Gasteiger partial charge is 0.206 e. The van der Waals surface area contributed by atoms with E-state index in [0.717, 1.165) is 27.8 Å². The number of hydrogen-bond acceptors (Lipinski definition) is 3. The Kier molecular flexibility index (Phi) is 5.00. The van der Waals surface area contributed by atoms with E-state index in [2.05, 4.69) is 15.9 Å². The molecule has 2 aromatic rings. The second kappa shape index (κ2) is 6.31. The quantitative estimate of drug-likeness (QED) is 0.746. The summed E-state index contributed by atoms with van der Waals surface area (Å²) in [6.45, 7) is -0.00398. The van der Waals surface area contributed by atoms with Gasteiger partial charge in [0.2, 0.25) is 0 Å². The zero-order valence-corrected chi connectivity index (χ0v) is 14.5. The van der Waals surface area contributed by atoms with Crippen molar-refractivity contribution in [1.82, 2.24) is 4.31 Å². The Hall–Kier alpha value is -0.900. The number of benzene rings is 1. The minimum absolute atomic E-state index is 0.00398. The molecule has 0 radical (unpaired) electrons. The highest BCUT2D eigenvalue weighted by Crippen LogP contribution is 2.30. The van der Waals surface area contributed by atoms with Crippen LogP contribution in [0.15, 0.2) is 44.4 Å². The van der Waals surface area contributed by atoms with Crippen LogP contribution in [0.3, 0.4) is 0 Å². The average Bonchev–Trinajstić information content (AvgIpc) is 2.85. The first-order chi connectivity index (χ1) is 10.1. The molecule has 120 valence electrons. The molecule has 0 amide bonds. The molecular formula is C13H11BrF3NO2S2. The maximum Gasteiger partial charge on any atom is 0.416 e. The lowest BCUT2D eigenvalue weighted by atomic mass is 10.1. The highest BCUT2D eigenvalue weighted by molar-refractivity contribution is 9.11. The molecule has 9 heteroatoms. The van der Waals surface area contributed by atoms with Crippen LogP contribution < -0.4 is 0 Å². The molecule has 0 saturated heterocycles. The molecule has 0 aliphatic rings. The molecule has 0 fully saturated rings. The van der Waals surface area contributed by atoms with Crippen molar-refractivity contribution in [2.24, 2.45) is 0 Å². The van der Waals surface area contributed by atoms with Gasteiger partial charge in [-0.05, 0) is 45.8 Å². The predicted octanol–water partition coefficient (Wildman–Crippen LogP) is 4.35. The number of nitrogens with zero attached hydrogens (tertiary/aromatic N) is 1. The minimum Gasteiger partial charge on any atom is -0.206 e. The van der Waals surface area contributed by atoms with E-state index in [9.17, 15) is 21.6 Å². The Morgan fingerprint density at radius 1 is 1.14 bits per heavy atom. The number of alkyl halides is 3. The van der Waals surface area contributed by atoms with E-state index in [4.69, 9.17) is 0 Å². The molecule has 2 rings (SSSR count). The van der Waals surface area contributed by atoms with Gasteiger partial charge in [-0.2, -0.15) is 17.5 Å². The number of halogens is 4. The molecule has 0 aliphatic heterocycles. The first-order valence-electron chi connectivity index (χ1n) is 5.98. The standard InChI is InChI=1S/C13H11BrF3NO2S2/c1-18(22(19,20)12-7-6-11(14)21-12)8-9-2-4-10(5-3-9)13(15,16)17/h2-7H,8H2,1H3. The van der Waals surface area contributed by atoms with E-state index in [1.807, 2.05) is 0 Å². The Balaban J connectivity index is 2.16. The number of thiophene rings is 1. The van der Waals surface area contributed by atoms with Crippen molar-refractivity contribution in [3.8, 4) is 0 Å². The summed E-state index contributed by atoms with van der Waals surface area (Å²) in [5.41, 5.74) is -0.279. The predicted molar refractivity (Wildman–Crippen MR) is 82.1 cm³/mol. The number of hydrogen-bond donors (Lipinski definition) is 0. The van der Waals surface area contributed by atoms with E-state index in [1.165, 1.54) is 25.2 Å². The molecule has 0 spiro atoms. The molecule has 0 N–H and O–H groups in total. The Bertz CT molecular complexity index is 754. The second-order valence-electron chi connectivity index (χ2n) is 4.51. The zero-order chi connectivity index (χ0) is 16.5.